The van der Waals surface area contributed by atoms with Gasteiger partial charge in [-0.05, 0) is 31.2 Å². The van der Waals surface area contributed by atoms with Crippen molar-refractivity contribution in [3.63, 3.8) is 0 Å². The first-order valence-corrected chi connectivity index (χ1v) is 13.0. The van der Waals surface area contributed by atoms with E-state index in [1.807, 2.05) is 30.4 Å². The Labute approximate surface area is 201 Å². The fourth-order valence-electron chi connectivity index (χ4n) is 4.33. The van der Waals surface area contributed by atoms with Crippen molar-refractivity contribution in [1.29, 1.82) is 0 Å². The molecule has 2 unspecified atom stereocenters. The van der Waals surface area contributed by atoms with Crippen molar-refractivity contribution < 1.29 is 24.5 Å². The van der Waals surface area contributed by atoms with E-state index >= 15 is 0 Å². The lowest BCUT2D eigenvalue weighted by molar-refractivity contribution is -0.0123. The third-order valence-corrected chi connectivity index (χ3v) is 8.52. The molecule has 33 heavy (non-hydrogen) atoms. The van der Waals surface area contributed by atoms with Gasteiger partial charge in [0.2, 0.25) is 0 Å². The maximum absolute atomic E-state index is 12.2. The number of nitrogens with zero attached hydrogens (tertiary/aromatic N) is 2. The van der Waals surface area contributed by atoms with Crippen LogP contribution in [0.25, 0.3) is 0 Å². The van der Waals surface area contributed by atoms with E-state index in [9.17, 15) is 14.7 Å². The van der Waals surface area contributed by atoms with Gasteiger partial charge in [-0.3, -0.25) is 4.90 Å². The number of amides is 1. The number of aromatic carboxylic acids is 1. The number of thioether (sulfide) groups is 1. The van der Waals surface area contributed by atoms with Gasteiger partial charge in [-0.15, -0.1) is 11.3 Å². The van der Waals surface area contributed by atoms with Crippen LogP contribution in [0.1, 0.15) is 41.7 Å². The second-order valence-corrected chi connectivity index (χ2v) is 10.7. The Morgan fingerprint density at radius 3 is 2.82 bits per heavy atom. The smallest absolute Gasteiger partial charge is 0.410 e. The Morgan fingerprint density at radius 1 is 1.36 bits per heavy atom. The highest BCUT2D eigenvalue weighted by Crippen LogP contribution is 2.48. The van der Waals surface area contributed by atoms with Gasteiger partial charge in [0.15, 0.2) is 10.0 Å². The molecule has 1 aromatic carbocycles. The largest absolute Gasteiger partial charge is 0.476 e. The number of benzene rings is 1. The van der Waals surface area contributed by atoms with E-state index < -0.39 is 12.1 Å². The second-order valence-electron chi connectivity index (χ2n) is 8.52. The molecule has 1 amide bonds. The van der Waals surface area contributed by atoms with Crippen molar-refractivity contribution in [2.45, 2.75) is 48.6 Å². The molecule has 2 fully saturated rings. The first-order chi connectivity index (χ1) is 16.0. The summed E-state index contributed by atoms with van der Waals surface area (Å²) in [6.07, 6.45) is 7.87. The van der Waals surface area contributed by atoms with Gasteiger partial charge in [0.05, 0.1) is 12.1 Å². The van der Waals surface area contributed by atoms with Crippen LogP contribution in [0.3, 0.4) is 0 Å². The summed E-state index contributed by atoms with van der Waals surface area (Å²) in [4.78, 5) is 28.9. The number of aliphatic hydroxyl groups is 1. The number of ether oxygens (including phenoxy) is 1. The van der Waals surface area contributed by atoms with Gasteiger partial charge in [0.25, 0.3) is 0 Å². The quantitative estimate of drug-likeness (QED) is 0.355. The first kappa shape index (κ1) is 23.8. The van der Waals surface area contributed by atoms with Gasteiger partial charge in [-0.2, -0.15) is 0 Å². The molecule has 176 valence electrons. The molecule has 1 saturated carbocycles. The van der Waals surface area contributed by atoms with Crippen molar-refractivity contribution in [3.05, 3.63) is 59.1 Å². The predicted octanol–water partition coefficient (Wildman–Crippen LogP) is 4.47. The molecule has 1 saturated heterocycles. The van der Waals surface area contributed by atoms with Gasteiger partial charge in [-0.1, -0.05) is 60.7 Å². The van der Waals surface area contributed by atoms with E-state index in [0.29, 0.717) is 16.6 Å². The van der Waals surface area contributed by atoms with E-state index in [1.54, 1.807) is 4.90 Å². The van der Waals surface area contributed by atoms with Crippen LogP contribution in [0.15, 0.2) is 52.2 Å². The number of carbonyl (C=O) groups excluding carboxylic acids is 1. The molecule has 2 N–H and O–H groups in total. The topological polar surface area (TPSA) is 100.0 Å². The average Bonchev–Trinajstić information content (AvgIpc) is 3.40. The van der Waals surface area contributed by atoms with E-state index in [-0.39, 0.29) is 29.9 Å². The van der Waals surface area contributed by atoms with Crippen LogP contribution in [0, 0.1) is 5.41 Å². The Balaban J connectivity index is 1.30. The minimum atomic E-state index is -1.04. The minimum absolute atomic E-state index is 0.0371. The molecule has 1 aliphatic heterocycles. The molecular weight excluding hydrogens is 460 g/mol. The van der Waals surface area contributed by atoms with Crippen LogP contribution in [0.2, 0.25) is 0 Å². The molecule has 2 heterocycles. The third kappa shape index (κ3) is 5.77. The maximum atomic E-state index is 12.2. The van der Waals surface area contributed by atoms with Crippen molar-refractivity contribution in [1.82, 2.24) is 9.88 Å². The summed E-state index contributed by atoms with van der Waals surface area (Å²) in [6, 6.07) is 10.1. The summed E-state index contributed by atoms with van der Waals surface area (Å²) >= 11 is 2.70. The zero-order valence-corrected chi connectivity index (χ0v) is 19.9. The molecule has 9 heteroatoms. The van der Waals surface area contributed by atoms with Gasteiger partial charge >= 0.3 is 12.1 Å². The van der Waals surface area contributed by atoms with Crippen molar-refractivity contribution >= 4 is 35.2 Å². The molecule has 2 atom stereocenters. The van der Waals surface area contributed by atoms with Crippen molar-refractivity contribution in [2.24, 2.45) is 5.41 Å². The molecule has 0 spiro atoms. The summed E-state index contributed by atoms with van der Waals surface area (Å²) in [5.74, 6) is -0.465. The molecule has 1 aliphatic carbocycles. The molecule has 2 aliphatic rings. The van der Waals surface area contributed by atoms with E-state index in [0.717, 1.165) is 32.1 Å². The van der Waals surface area contributed by atoms with Crippen LogP contribution >= 0.6 is 23.1 Å². The number of hydrogen-bond donors (Lipinski definition) is 2. The third-order valence-electron chi connectivity index (χ3n) is 6.52. The first-order valence-electron chi connectivity index (χ1n) is 11.1. The Bertz CT molecular complexity index is 990. The standard InChI is InChI=1S/C24H28N2O5S2/c27-20(24(10-4-11-24)12-9-17-5-2-1-3-6-17)8-7-18-15-31-23(30)26(18)13-14-32-22-25-19(16-33-22)21(28)29/h1-3,5-8,16,18,20,27H,4,9-15H2,(H,28,29). The van der Waals surface area contributed by atoms with Crippen LogP contribution < -0.4 is 0 Å². The number of hydrogen-bond acceptors (Lipinski definition) is 7. The maximum Gasteiger partial charge on any atom is 0.410 e. The molecular formula is C24H28N2O5S2. The summed E-state index contributed by atoms with van der Waals surface area (Å²) in [7, 11) is 0. The van der Waals surface area contributed by atoms with Crippen LogP contribution in [0.4, 0.5) is 4.79 Å². The lowest BCUT2D eigenvalue weighted by Gasteiger charge is -2.45. The van der Waals surface area contributed by atoms with E-state index in [4.69, 9.17) is 9.84 Å². The fraction of sp³-hybridized carbons (Fsp3) is 0.458. The molecule has 2 aromatic rings. The monoisotopic (exact) mass is 488 g/mol. The minimum Gasteiger partial charge on any atom is -0.476 e. The number of cyclic esters (lactones) is 1. The number of carboxylic acid groups (broad SMARTS) is 1. The van der Waals surface area contributed by atoms with Crippen LogP contribution in [-0.4, -0.2) is 63.2 Å². The number of aryl methyl sites for hydroxylation is 1. The number of rotatable bonds is 11. The van der Waals surface area contributed by atoms with E-state index in [2.05, 4.69) is 17.1 Å². The molecule has 4 rings (SSSR count). The zero-order valence-electron chi connectivity index (χ0n) is 18.3. The van der Waals surface area contributed by atoms with Crippen LogP contribution in [0.5, 0.6) is 0 Å². The molecule has 0 bridgehead atoms. The number of carboxylic acids is 1. The van der Waals surface area contributed by atoms with Crippen molar-refractivity contribution in [2.75, 3.05) is 18.9 Å². The number of carbonyl (C=O) groups is 2. The average molecular weight is 489 g/mol. The lowest BCUT2D eigenvalue weighted by Crippen LogP contribution is -2.41. The van der Waals surface area contributed by atoms with Gasteiger partial charge in [-0.25, -0.2) is 14.6 Å². The normalized spacial score (nSPS) is 20.6. The van der Waals surface area contributed by atoms with Gasteiger partial charge in [0, 0.05) is 23.1 Å². The highest BCUT2D eigenvalue weighted by molar-refractivity contribution is 8.01. The fourth-order valence-corrected chi connectivity index (χ4v) is 6.14. The lowest BCUT2D eigenvalue weighted by atomic mass is 9.62. The van der Waals surface area contributed by atoms with Gasteiger partial charge in [0.1, 0.15) is 6.61 Å². The summed E-state index contributed by atoms with van der Waals surface area (Å²) in [6.45, 7) is 0.722. The SMILES string of the molecule is O=C(O)c1csc(SCCN2C(=O)OCC2C=CC(O)C2(CCc3ccccc3)CCC2)n1. The van der Waals surface area contributed by atoms with Gasteiger partial charge < -0.3 is 14.9 Å². The van der Waals surface area contributed by atoms with Crippen molar-refractivity contribution in [3.8, 4) is 0 Å². The molecule has 7 nitrogen and oxygen atoms in total. The van der Waals surface area contributed by atoms with Crippen LogP contribution in [-0.2, 0) is 11.2 Å². The van der Waals surface area contributed by atoms with E-state index in [1.165, 1.54) is 34.0 Å². The highest BCUT2D eigenvalue weighted by Gasteiger charge is 2.42. The highest BCUT2D eigenvalue weighted by atomic mass is 32.2. The molecule has 1 aromatic heterocycles. The Morgan fingerprint density at radius 2 is 2.15 bits per heavy atom. The Hall–Kier alpha value is -2.36. The number of aliphatic hydroxyl groups excluding tert-OH is 1. The zero-order chi connectivity index (χ0) is 23.3. The second kappa shape index (κ2) is 10.7. The number of aromatic nitrogens is 1. The summed E-state index contributed by atoms with van der Waals surface area (Å²) < 4.78 is 5.89. The predicted molar refractivity (Wildman–Crippen MR) is 128 cm³/mol. The summed E-state index contributed by atoms with van der Waals surface area (Å²) in [5.41, 5.74) is 1.23. The molecule has 0 radical (unpaired) electrons. The Kier molecular flexibility index (Phi) is 7.72. The number of thiazole rings is 1. The summed E-state index contributed by atoms with van der Waals surface area (Å²) in [5, 5.41) is 21.5.